The smallest absolute Gasteiger partial charge is 0.407 e. The standard InChI is InChI=1S/C23H21NO3/c1-16-8-7-12-19-21(18-11-5-6-13-20(18)27-22(16)19)24-23(25)26-15-14-17-9-3-2-4-10-17/h2-13,21H,14-15H2,1H3,(H,24,25)/t21-/m0/s1. The average molecular weight is 359 g/mol. The third-order valence-electron chi connectivity index (χ3n) is 4.72. The van der Waals surface area contributed by atoms with E-state index in [1.807, 2.05) is 79.7 Å². The van der Waals surface area contributed by atoms with Crippen LogP contribution in [0.2, 0.25) is 0 Å². The van der Waals surface area contributed by atoms with Crippen LogP contribution in [-0.4, -0.2) is 12.7 Å². The quantitative estimate of drug-likeness (QED) is 0.700. The van der Waals surface area contributed by atoms with Gasteiger partial charge < -0.3 is 14.8 Å². The molecule has 0 aromatic heterocycles. The van der Waals surface area contributed by atoms with Gasteiger partial charge in [0.25, 0.3) is 0 Å². The van der Waals surface area contributed by atoms with Gasteiger partial charge in [0, 0.05) is 17.5 Å². The minimum absolute atomic E-state index is 0.297. The molecule has 0 bridgehead atoms. The van der Waals surface area contributed by atoms with E-state index in [4.69, 9.17) is 9.47 Å². The van der Waals surface area contributed by atoms with Gasteiger partial charge in [0.2, 0.25) is 0 Å². The fraction of sp³-hybridized carbons (Fsp3) is 0.174. The van der Waals surface area contributed by atoms with Crippen molar-refractivity contribution in [2.45, 2.75) is 19.4 Å². The predicted molar refractivity (Wildman–Crippen MR) is 104 cm³/mol. The molecular weight excluding hydrogens is 338 g/mol. The largest absolute Gasteiger partial charge is 0.456 e. The Kier molecular flexibility index (Phi) is 4.79. The second-order valence-electron chi connectivity index (χ2n) is 6.58. The highest BCUT2D eigenvalue weighted by Crippen LogP contribution is 2.44. The number of rotatable bonds is 4. The molecule has 1 aliphatic rings. The first-order valence-corrected chi connectivity index (χ1v) is 9.06. The Morgan fingerprint density at radius 1 is 0.963 bits per heavy atom. The van der Waals surface area contributed by atoms with Crippen LogP contribution in [0.25, 0.3) is 0 Å². The molecule has 0 spiro atoms. The molecule has 1 amide bonds. The highest BCUT2D eigenvalue weighted by molar-refractivity contribution is 5.70. The Balaban J connectivity index is 1.50. The Hall–Kier alpha value is -3.27. The number of para-hydroxylation sites is 2. The van der Waals surface area contributed by atoms with Crippen LogP contribution in [0.4, 0.5) is 4.79 Å². The summed E-state index contributed by atoms with van der Waals surface area (Å²) in [5, 5.41) is 3.00. The molecule has 3 aromatic rings. The minimum atomic E-state index is -0.430. The number of hydrogen-bond acceptors (Lipinski definition) is 3. The fourth-order valence-electron chi connectivity index (χ4n) is 3.35. The van der Waals surface area contributed by atoms with Crippen molar-refractivity contribution in [1.82, 2.24) is 5.32 Å². The monoisotopic (exact) mass is 359 g/mol. The molecular formula is C23H21NO3. The molecule has 0 saturated carbocycles. The van der Waals surface area contributed by atoms with E-state index in [0.29, 0.717) is 13.0 Å². The molecule has 136 valence electrons. The molecule has 0 aliphatic carbocycles. The predicted octanol–water partition coefficient (Wildman–Crippen LogP) is 5.16. The first-order valence-electron chi connectivity index (χ1n) is 9.06. The Labute approximate surface area is 158 Å². The first-order chi connectivity index (χ1) is 13.2. The summed E-state index contributed by atoms with van der Waals surface area (Å²) in [6.07, 6.45) is 0.258. The van der Waals surface area contributed by atoms with Gasteiger partial charge in [-0.15, -0.1) is 0 Å². The molecule has 1 aliphatic heterocycles. The van der Waals surface area contributed by atoms with Crippen LogP contribution in [0, 0.1) is 6.92 Å². The van der Waals surface area contributed by atoms with E-state index in [0.717, 1.165) is 33.8 Å². The van der Waals surface area contributed by atoms with E-state index in [-0.39, 0.29) is 6.04 Å². The molecule has 0 radical (unpaired) electrons. The van der Waals surface area contributed by atoms with Gasteiger partial charge >= 0.3 is 6.09 Å². The van der Waals surface area contributed by atoms with Crippen LogP contribution in [0.3, 0.4) is 0 Å². The zero-order chi connectivity index (χ0) is 18.6. The van der Waals surface area contributed by atoms with Crippen molar-refractivity contribution in [1.29, 1.82) is 0 Å². The first kappa shape index (κ1) is 17.2. The van der Waals surface area contributed by atoms with E-state index in [1.54, 1.807) is 0 Å². The van der Waals surface area contributed by atoms with E-state index >= 15 is 0 Å². The van der Waals surface area contributed by atoms with Crippen molar-refractivity contribution >= 4 is 6.09 Å². The summed E-state index contributed by atoms with van der Waals surface area (Å²) in [6, 6.07) is 23.4. The van der Waals surface area contributed by atoms with E-state index in [9.17, 15) is 4.79 Å². The molecule has 4 rings (SSSR count). The Morgan fingerprint density at radius 2 is 1.70 bits per heavy atom. The highest BCUT2D eigenvalue weighted by atomic mass is 16.5. The molecule has 0 saturated heterocycles. The maximum atomic E-state index is 12.4. The van der Waals surface area contributed by atoms with Gasteiger partial charge in [-0.2, -0.15) is 0 Å². The lowest BCUT2D eigenvalue weighted by Crippen LogP contribution is -2.32. The lowest BCUT2D eigenvalue weighted by Gasteiger charge is -2.29. The van der Waals surface area contributed by atoms with Crippen molar-refractivity contribution < 1.29 is 14.3 Å². The summed E-state index contributed by atoms with van der Waals surface area (Å²) in [5.41, 5.74) is 4.04. The SMILES string of the molecule is Cc1cccc2c1Oc1ccccc1[C@@H]2NC(=O)OCCc1ccccc1. The summed E-state index contributed by atoms with van der Waals surface area (Å²) >= 11 is 0. The van der Waals surface area contributed by atoms with Crippen LogP contribution in [0.1, 0.15) is 28.3 Å². The number of nitrogens with one attached hydrogen (secondary N) is 1. The van der Waals surface area contributed by atoms with Crippen molar-refractivity contribution in [3.63, 3.8) is 0 Å². The molecule has 1 heterocycles. The number of hydrogen-bond donors (Lipinski definition) is 1. The zero-order valence-corrected chi connectivity index (χ0v) is 15.1. The summed E-state index contributed by atoms with van der Waals surface area (Å²) in [6.45, 7) is 2.34. The second-order valence-corrected chi connectivity index (χ2v) is 6.58. The van der Waals surface area contributed by atoms with Crippen molar-refractivity contribution in [3.8, 4) is 11.5 Å². The molecule has 1 atom stereocenters. The van der Waals surface area contributed by atoms with Gasteiger partial charge in [0.15, 0.2) is 0 Å². The molecule has 27 heavy (non-hydrogen) atoms. The zero-order valence-electron chi connectivity index (χ0n) is 15.1. The van der Waals surface area contributed by atoms with Gasteiger partial charge in [-0.05, 0) is 24.1 Å². The van der Waals surface area contributed by atoms with Crippen LogP contribution >= 0.6 is 0 Å². The van der Waals surface area contributed by atoms with Crippen molar-refractivity contribution in [2.24, 2.45) is 0 Å². The number of amides is 1. The van der Waals surface area contributed by atoms with E-state index < -0.39 is 6.09 Å². The average Bonchev–Trinajstić information content (AvgIpc) is 2.69. The lowest BCUT2D eigenvalue weighted by atomic mass is 9.93. The number of carbonyl (C=O) groups is 1. The molecule has 0 fully saturated rings. The van der Waals surface area contributed by atoms with Gasteiger partial charge in [0.1, 0.15) is 11.5 Å². The molecule has 1 N–H and O–H groups in total. The maximum Gasteiger partial charge on any atom is 0.407 e. The van der Waals surface area contributed by atoms with Crippen molar-refractivity contribution in [2.75, 3.05) is 6.61 Å². The third-order valence-corrected chi connectivity index (χ3v) is 4.72. The summed E-state index contributed by atoms with van der Waals surface area (Å²) in [7, 11) is 0. The second kappa shape index (κ2) is 7.54. The fourth-order valence-corrected chi connectivity index (χ4v) is 3.35. The number of carbonyl (C=O) groups excluding carboxylic acids is 1. The molecule has 4 heteroatoms. The van der Waals surface area contributed by atoms with E-state index in [1.165, 1.54) is 0 Å². The number of ether oxygens (including phenoxy) is 2. The topological polar surface area (TPSA) is 47.6 Å². The number of benzene rings is 3. The number of aryl methyl sites for hydroxylation is 1. The van der Waals surface area contributed by atoms with E-state index in [2.05, 4.69) is 5.32 Å². The van der Waals surface area contributed by atoms with Gasteiger partial charge in [-0.3, -0.25) is 0 Å². The normalized spacial score (nSPS) is 14.5. The van der Waals surface area contributed by atoms with Crippen molar-refractivity contribution in [3.05, 3.63) is 95.1 Å². The van der Waals surface area contributed by atoms with Crippen LogP contribution in [0.15, 0.2) is 72.8 Å². The third kappa shape index (κ3) is 3.65. The van der Waals surface area contributed by atoms with Gasteiger partial charge in [0.05, 0.1) is 12.6 Å². The maximum absolute atomic E-state index is 12.4. The van der Waals surface area contributed by atoms with Gasteiger partial charge in [-0.1, -0.05) is 66.7 Å². The molecule has 0 unspecified atom stereocenters. The Bertz CT molecular complexity index is 953. The number of alkyl carbamates (subject to hydrolysis) is 1. The van der Waals surface area contributed by atoms with Crippen LogP contribution < -0.4 is 10.1 Å². The summed E-state index contributed by atoms with van der Waals surface area (Å²) < 4.78 is 11.5. The lowest BCUT2D eigenvalue weighted by molar-refractivity contribution is 0.144. The molecule has 4 nitrogen and oxygen atoms in total. The minimum Gasteiger partial charge on any atom is -0.456 e. The Morgan fingerprint density at radius 3 is 2.56 bits per heavy atom. The van der Waals surface area contributed by atoms with Crippen LogP contribution in [-0.2, 0) is 11.2 Å². The summed E-state index contributed by atoms with van der Waals surface area (Å²) in [4.78, 5) is 12.4. The highest BCUT2D eigenvalue weighted by Gasteiger charge is 2.29. The molecule has 3 aromatic carbocycles. The number of fused-ring (bicyclic) bond motifs is 2. The summed E-state index contributed by atoms with van der Waals surface area (Å²) in [5.74, 6) is 1.56. The van der Waals surface area contributed by atoms with Crippen LogP contribution in [0.5, 0.6) is 11.5 Å². The van der Waals surface area contributed by atoms with Gasteiger partial charge in [-0.25, -0.2) is 4.79 Å².